The quantitative estimate of drug-likeness (QED) is 0.838. The van der Waals surface area contributed by atoms with Crippen LogP contribution in [0.5, 0.6) is 0 Å². The number of benzene rings is 1. The third-order valence-electron chi connectivity index (χ3n) is 3.72. The minimum atomic E-state index is -3.08. The molecule has 1 aromatic carbocycles. The third-order valence-corrected chi connectivity index (χ3v) is 4.83. The van der Waals surface area contributed by atoms with Crippen LogP contribution in [-0.4, -0.2) is 39.2 Å². The van der Waals surface area contributed by atoms with Gasteiger partial charge in [0.05, 0.1) is 4.90 Å². The van der Waals surface area contributed by atoms with Gasteiger partial charge < -0.3 is 4.90 Å². The van der Waals surface area contributed by atoms with Crippen LogP contribution in [-0.2, 0) is 16.3 Å². The van der Waals surface area contributed by atoms with E-state index < -0.39 is 9.84 Å². The van der Waals surface area contributed by atoms with Crippen molar-refractivity contribution in [2.45, 2.75) is 37.0 Å². The van der Waals surface area contributed by atoms with Crippen LogP contribution < -0.4 is 0 Å². The molecule has 0 amide bonds. The van der Waals surface area contributed by atoms with Crippen molar-refractivity contribution in [1.29, 1.82) is 0 Å². The maximum Gasteiger partial charge on any atom is 0.175 e. The number of likely N-dealkylation sites (tertiary alicyclic amines) is 1. The van der Waals surface area contributed by atoms with Crippen molar-refractivity contribution in [3.63, 3.8) is 0 Å². The summed E-state index contributed by atoms with van der Waals surface area (Å²) in [7, 11) is -3.08. The van der Waals surface area contributed by atoms with Gasteiger partial charge in [0.1, 0.15) is 0 Å². The summed E-state index contributed by atoms with van der Waals surface area (Å²) in [6.07, 6.45) is 7.34. The summed E-state index contributed by atoms with van der Waals surface area (Å²) < 4.78 is 23.0. The van der Waals surface area contributed by atoms with Crippen LogP contribution in [0.25, 0.3) is 0 Å². The molecule has 0 aromatic heterocycles. The van der Waals surface area contributed by atoms with Crippen molar-refractivity contribution in [2.75, 3.05) is 25.9 Å². The zero-order chi connectivity index (χ0) is 13.7. The van der Waals surface area contributed by atoms with Gasteiger partial charge in [0.25, 0.3) is 0 Å². The first-order chi connectivity index (χ1) is 9.05. The van der Waals surface area contributed by atoms with Crippen LogP contribution >= 0.6 is 12.4 Å². The lowest BCUT2D eigenvalue weighted by atomic mass is 10.1. The zero-order valence-corrected chi connectivity index (χ0v) is 13.7. The van der Waals surface area contributed by atoms with Gasteiger partial charge in [-0.05, 0) is 63.0 Å². The van der Waals surface area contributed by atoms with Gasteiger partial charge in [-0.3, -0.25) is 0 Å². The molecule has 0 spiro atoms. The SMILES string of the molecule is CS(=O)(=O)c1cccc(CCCN2CCCCC2)c1.Cl. The molecule has 0 aliphatic carbocycles. The van der Waals surface area contributed by atoms with Crippen LogP contribution in [0.3, 0.4) is 0 Å². The van der Waals surface area contributed by atoms with E-state index in [2.05, 4.69) is 4.90 Å². The normalized spacial score (nSPS) is 16.6. The second-order valence-electron chi connectivity index (χ2n) is 5.43. The molecule has 1 saturated heterocycles. The van der Waals surface area contributed by atoms with Crippen LogP contribution in [0.2, 0.25) is 0 Å². The predicted molar refractivity (Wildman–Crippen MR) is 85.4 cm³/mol. The Labute approximate surface area is 128 Å². The van der Waals surface area contributed by atoms with Gasteiger partial charge in [-0.15, -0.1) is 12.4 Å². The van der Waals surface area contributed by atoms with E-state index in [9.17, 15) is 8.42 Å². The number of sulfone groups is 1. The van der Waals surface area contributed by atoms with E-state index in [-0.39, 0.29) is 12.4 Å². The molecule has 0 unspecified atom stereocenters. The monoisotopic (exact) mass is 317 g/mol. The van der Waals surface area contributed by atoms with E-state index in [0.717, 1.165) is 24.9 Å². The summed E-state index contributed by atoms with van der Waals surface area (Å²) >= 11 is 0. The molecule has 0 atom stereocenters. The minimum Gasteiger partial charge on any atom is -0.303 e. The standard InChI is InChI=1S/C15H23NO2S.ClH/c1-19(17,18)15-9-5-7-14(13-15)8-6-12-16-10-3-2-4-11-16;/h5,7,9,13H,2-4,6,8,10-12H2,1H3;1H. The smallest absolute Gasteiger partial charge is 0.175 e. The number of hydrogen-bond acceptors (Lipinski definition) is 3. The number of aryl methyl sites for hydroxylation is 1. The van der Waals surface area contributed by atoms with Gasteiger partial charge in [0.2, 0.25) is 0 Å². The lowest BCUT2D eigenvalue weighted by Crippen LogP contribution is -2.30. The number of piperidine rings is 1. The Balaban J connectivity index is 0.00000200. The lowest BCUT2D eigenvalue weighted by Gasteiger charge is -2.26. The Morgan fingerprint density at radius 1 is 1.15 bits per heavy atom. The number of nitrogens with zero attached hydrogens (tertiary/aromatic N) is 1. The molecule has 0 radical (unpaired) electrons. The van der Waals surface area contributed by atoms with Gasteiger partial charge >= 0.3 is 0 Å². The first-order valence-corrected chi connectivity index (χ1v) is 8.96. The molecule has 0 N–H and O–H groups in total. The largest absolute Gasteiger partial charge is 0.303 e. The van der Waals surface area contributed by atoms with Crippen molar-refractivity contribution in [2.24, 2.45) is 0 Å². The maximum atomic E-state index is 11.5. The highest BCUT2D eigenvalue weighted by atomic mass is 35.5. The fourth-order valence-electron chi connectivity index (χ4n) is 2.62. The molecule has 1 aromatic rings. The molecule has 1 fully saturated rings. The van der Waals surface area contributed by atoms with Crippen LogP contribution in [0.4, 0.5) is 0 Å². The topological polar surface area (TPSA) is 37.4 Å². The molecule has 1 heterocycles. The van der Waals surface area contributed by atoms with Crippen LogP contribution in [0.1, 0.15) is 31.2 Å². The van der Waals surface area contributed by atoms with E-state index in [1.165, 1.54) is 38.6 Å². The van der Waals surface area contributed by atoms with Crippen LogP contribution in [0.15, 0.2) is 29.2 Å². The van der Waals surface area contributed by atoms with E-state index in [4.69, 9.17) is 0 Å². The summed E-state index contributed by atoms with van der Waals surface area (Å²) in [5.74, 6) is 0. The van der Waals surface area contributed by atoms with Crippen molar-refractivity contribution in [1.82, 2.24) is 4.90 Å². The van der Waals surface area contributed by atoms with E-state index in [0.29, 0.717) is 4.90 Å². The molecule has 0 saturated carbocycles. The number of hydrogen-bond donors (Lipinski definition) is 0. The highest BCUT2D eigenvalue weighted by molar-refractivity contribution is 7.90. The highest BCUT2D eigenvalue weighted by Gasteiger charge is 2.10. The Hall–Kier alpha value is -0.580. The van der Waals surface area contributed by atoms with Gasteiger partial charge in [0, 0.05) is 6.26 Å². The Morgan fingerprint density at radius 3 is 2.50 bits per heavy atom. The van der Waals surface area contributed by atoms with Crippen molar-refractivity contribution < 1.29 is 8.42 Å². The van der Waals surface area contributed by atoms with Gasteiger partial charge in [-0.25, -0.2) is 8.42 Å². The second kappa shape index (κ2) is 8.01. The first kappa shape index (κ1) is 17.5. The average molecular weight is 318 g/mol. The molecule has 20 heavy (non-hydrogen) atoms. The van der Waals surface area contributed by atoms with Gasteiger partial charge in [0.15, 0.2) is 9.84 Å². The first-order valence-electron chi connectivity index (χ1n) is 7.07. The molecule has 1 aliphatic heterocycles. The second-order valence-corrected chi connectivity index (χ2v) is 7.44. The van der Waals surface area contributed by atoms with Crippen molar-refractivity contribution in [3.8, 4) is 0 Å². The Morgan fingerprint density at radius 2 is 1.85 bits per heavy atom. The van der Waals surface area contributed by atoms with Crippen LogP contribution in [0, 0.1) is 0 Å². The maximum absolute atomic E-state index is 11.5. The third kappa shape index (κ3) is 5.43. The lowest BCUT2D eigenvalue weighted by molar-refractivity contribution is 0.226. The molecular weight excluding hydrogens is 294 g/mol. The highest BCUT2D eigenvalue weighted by Crippen LogP contribution is 2.14. The fraction of sp³-hybridized carbons (Fsp3) is 0.600. The summed E-state index contributed by atoms with van der Waals surface area (Å²) in [4.78, 5) is 2.95. The summed E-state index contributed by atoms with van der Waals surface area (Å²) in [6.45, 7) is 3.58. The minimum absolute atomic E-state index is 0. The summed E-state index contributed by atoms with van der Waals surface area (Å²) in [6, 6.07) is 7.34. The van der Waals surface area contributed by atoms with E-state index >= 15 is 0 Å². The molecule has 2 rings (SSSR count). The number of halogens is 1. The summed E-state index contributed by atoms with van der Waals surface area (Å²) in [5, 5.41) is 0. The molecular formula is C15H24ClNO2S. The van der Waals surface area contributed by atoms with E-state index in [1.807, 2.05) is 18.2 Å². The van der Waals surface area contributed by atoms with Gasteiger partial charge in [-0.1, -0.05) is 18.6 Å². The Kier molecular flexibility index (Phi) is 7.00. The van der Waals surface area contributed by atoms with E-state index in [1.54, 1.807) is 6.07 Å². The van der Waals surface area contributed by atoms with Gasteiger partial charge in [-0.2, -0.15) is 0 Å². The average Bonchev–Trinajstić information content (AvgIpc) is 2.39. The summed E-state index contributed by atoms with van der Waals surface area (Å²) in [5.41, 5.74) is 1.12. The number of rotatable bonds is 5. The predicted octanol–water partition coefficient (Wildman–Crippen LogP) is 2.93. The van der Waals surface area contributed by atoms with Crippen molar-refractivity contribution in [3.05, 3.63) is 29.8 Å². The molecule has 3 nitrogen and oxygen atoms in total. The zero-order valence-electron chi connectivity index (χ0n) is 12.0. The fourth-order valence-corrected chi connectivity index (χ4v) is 3.31. The Bertz CT molecular complexity index is 510. The molecule has 1 aliphatic rings. The van der Waals surface area contributed by atoms with Crippen molar-refractivity contribution >= 4 is 22.2 Å². The molecule has 5 heteroatoms. The molecule has 114 valence electrons. The molecule has 0 bridgehead atoms.